The SMILES string of the molecule is O=C(CCc1ccccc1F)NC12CC3CC(CC(C3)C1)C2. The second-order valence-electron chi connectivity index (χ2n) is 7.84. The number of carbonyl (C=O) groups excluding carboxylic acids is 1. The first kappa shape index (κ1) is 14.2. The molecule has 3 heteroatoms. The van der Waals surface area contributed by atoms with Crippen LogP contribution in [0.25, 0.3) is 0 Å². The minimum absolute atomic E-state index is 0.0705. The molecule has 0 heterocycles. The van der Waals surface area contributed by atoms with Crippen molar-refractivity contribution < 1.29 is 9.18 Å². The van der Waals surface area contributed by atoms with E-state index in [9.17, 15) is 9.18 Å². The summed E-state index contributed by atoms with van der Waals surface area (Å²) in [4.78, 5) is 12.4. The summed E-state index contributed by atoms with van der Waals surface area (Å²) in [7, 11) is 0. The molecule has 4 aliphatic carbocycles. The van der Waals surface area contributed by atoms with Crippen LogP contribution in [0.4, 0.5) is 4.39 Å². The lowest BCUT2D eigenvalue weighted by Gasteiger charge is -2.56. The van der Waals surface area contributed by atoms with Gasteiger partial charge in [0.25, 0.3) is 0 Å². The van der Waals surface area contributed by atoms with Gasteiger partial charge in [-0.3, -0.25) is 4.79 Å². The Morgan fingerprint density at radius 2 is 1.68 bits per heavy atom. The number of halogens is 1. The van der Waals surface area contributed by atoms with Gasteiger partial charge in [0.2, 0.25) is 5.91 Å². The second kappa shape index (κ2) is 5.36. The topological polar surface area (TPSA) is 29.1 Å². The van der Waals surface area contributed by atoms with Gasteiger partial charge in [-0.05, 0) is 74.3 Å². The van der Waals surface area contributed by atoms with E-state index in [1.807, 2.05) is 6.07 Å². The molecule has 0 atom stereocenters. The van der Waals surface area contributed by atoms with E-state index in [2.05, 4.69) is 5.32 Å². The van der Waals surface area contributed by atoms with Crippen molar-refractivity contribution in [1.29, 1.82) is 0 Å². The first-order chi connectivity index (χ1) is 10.6. The van der Waals surface area contributed by atoms with E-state index in [0.717, 1.165) is 17.8 Å². The molecule has 0 aromatic heterocycles. The molecule has 1 aromatic rings. The first-order valence-corrected chi connectivity index (χ1v) is 8.66. The number of hydrogen-bond donors (Lipinski definition) is 1. The fourth-order valence-corrected chi connectivity index (χ4v) is 5.57. The maximum absolute atomic E-state index is 13.6. The van der Waals surface area contributed by atoms with Crippen molar-refractivity contribution in [3.8, 4) is 0 Å². The lowest BCUT2D eigenvalue weighted by atomic mass is 9.53. The molecule has 0 unspecified atom stereocenters. The van der Waals surface area contributed by atoms with E-state index in [0.29, 0.717) is 18.4 Å². The molecule has 4 bridgehead atoms. The highest BCUT2D eigenvalue weighted by Gasteiger charge is 2.51. The van der Waals surface area contributed by atoms with Gasteiger partial charge in [0.05, 0.1) is 0 Å². The Labute approximate surface area is 131 Å². The molecule has 0 spiro atoms. The first-order valence-electron chi connectivity index (χ1n) is 8.66. The zero-order valence-electron chi connectivity index (χ0n) is 13.0. The molecule has 1 N–H and O–H groups in total. The van der Waals surface area contributed by atoms with Crippen LogP contribution in [-0.4, -0.2) is 11.4 Å². The van der Waals surface area contributed by atoms with Gasteiger partial charge in [-0.15, -0.1) is 0 Å². The highest BCUT2D eigenvalue weighted by atomic mass is 19.1. The van der Waals surface area contributed by atoms with Crippen LogP contribution in [0.1, 0.15) is 50.5 Å². The number of aryl methyl sites for hydroxylation is 1. The molecule has 4 aliphatic rings. The van der Waals surface area contributed by atoms with Crippen LogP contribution in [0.15, 0.2) is 24.3 Å². The Morgan fingerprint density at radius 3 is 2.27 bits per heavy atom. The number of benzene rings is 1. The summed E-state index contributed by atoms with van der Waals surface area (Å²) >= 11 is 0. The van der Waals surface area contributed by atoms with Gasteiger partial charge in [0.1, 0.15) is 5.82 Å². The Kier molecular flexibility index (Phi) is 3.47. The van der Waals surface area contributed by atoms with Gasteiger partial charge in [-0.2, -0.15) is 0 Å². The van der Waals surface area contributed by atoms with Crippen molar-refractivity contribution in [1.82, 2.24) is 5.32 Å². The van der Waals surface area contributed by atoms with Gasteiger partial charge >= 0.3 is 0 Å². The van der Waals surface area contributed by atoms with Crippen LogP contribution in [0.5, 0.6) is 0 Å². The minimum Gasteiger partial charge on any atom is -0.351 e. The molecule has 1 aromatic carbocycles. The van der Waals surface area contributed by atoms with E-state index >= 15 is 0 Å². The molecule has 0 radical (unpaired) electrons. The summed E-state index contributed by atoms with van der Waals surface area (Å²) in [6, 6.07) is 6.75. The predicted octanol–water partition coefficient (Wildman–Crippen LogP) is 3.84. The Bertz CT molecular complexity index is 547. The number of amides is 1. The van der Waals surface area contributed by atoms with Gasteiger partial charge in [0.15, 0.2) is 0 Å². The summed E-state index contributed by atoms with van der Waals surface area (Å²) < 4.78 is 13.6. The fourth-order valence-electron chi connectivity index (χ4n) is 5.57. The summed E-state index contributed by atoms with van der Waals surface area (Å²) in [5, 5.41) is 3.35. The lowest BCUT2D eigenvalue weighted by Crippen LogP contribution is -2.59. The van der Waals surface area contributed by atoms with Crippen LogP contribution in [-0.2, 0) is 11.2 Å². The summed E-state index contributed by atoms with van der Waals surface area (Å²) in [6.45, 7) is 0. The highest BCUT2D eigenvalue weighted by molar-refractivity contribution is 5.77. The molecule has 0 saturated heterocycles. The highest BCUT2D eigenvalue weighted by Crippen LogP contribution is 2.55. The van der Waals surface area contributed by atoms with Crippen molar-refractivity contribution in [3.05, 3.63) is 35.6 Å². The Balaban J connectivity index is 1.37. The maximum atomic E-state index is 13.6. The Hall–Kier alpha value is -1.38. The molecule has 5 rings (SSSR count). The standard InChI is InChI=1S/C19H24FNO/c20-17-4-2-1-3-16(17)5-6-18(22)21-19-10-13-7-14(11-19)9-15(8-13)12-19/h1-4,13-15H,5-12H2,(H,21,22). The van der Waals surface area contributed by atoms with Crippen LogP contribution < -0.4 is 5.32 Å². The average Bonchev–Trinajstić information content (AvgIpc) is 2.44. The van der Waals surface area contributed by atoms with Crippen LogP contribution in [0.2, 0.25) is 0 Å². The normalized spacial score (nSPS) is 35.6. The van der Waals surface area contributed by atoms with E-state index in [1.54, 1.807) is 12.1 Å². The van der Waals surface area contributed by atoms with Gasteiger partial charge in [-0.1, -0.05) is 18.2 Å². The predicted molar refractivity (Wildman–Crippen MR) is 83.8 cm³/mol. The molecule has 22 heavy (non-hydrogen) atoms. The van der Waals surface area contributed by atoms with Crippen LogP contribution in [0.3, 0.4) is 0 Å². The summed E-state index contributed by atoms with van der Waals surface area (Å²) in [6.07, 6.45) is 8.53. The lowest BCUT2D eigenvalue weighted by molar-refractivity contribution is -0.126. The van der Waals surface area contributed by atoms with Crippen molar-refractivity contribution in [2.24, 2.45) is 17.8 Å². The quantitative estimate of drug-likeness (QED) is 0.899. The largest absolute Gasteiger partial charge is 0.351 e. The molecule has 118 valence electrons. The van der Waals surface area contributed by atoms with Crippen molar-refractivity contribution in [3.63, 3.8) is 0 Å². The van der Waals surface area contributed by atoms with E-state index in [4.69, 9.17) is 0 Å². The third-order valence-corrected chi connectivity index (χ3v) is 6.02. The smallest absolute Gasteiger partial charge is 0.220 e. The minimum atomic E-state index is -0.204. The van der Waals surface area contributed by atoms with Crippen LogP contribution >= 0.6 is 0 Å². The molecule has 4 saturated carbocycles. The molecular formula is C19H24FNO. The molecule has 1 amide bonds. The third-order valence-electron chi connectivity index (χ3n) is 6.02. The van der Waals surface area contributed by atoms with Gasteiger partial charge in [-0.25, -0.2) is 4.39 Å². The van der Waals surface area contributed by atoms with Crippen molar-refractivity contribution in [2.45, 2.75) is 56.9 Å². The molecular weight excluding hydrogens is 277 g/mol. The number of carbonyl (C=O) groups is 1. The van der Waals surface area contributed by atoms with Crippen molar-refractivity contribution in [2.75, 3.05) is 0 Å². The number of nitrogens with one attached hydrogen (secondary N) is 1. The average molecular weight is 301 g/mol. The van der Waals surface area contributed by atoms with E-state index < -0.39 is 0 Å². The second-order valence-corrected chi connectivity index (χ2v) is 7.84. The van der Waals surface area contributed by atoms with E-state index in [1.165, 1.54) is 44.6 Å². The van der Waals surface area contributed by atoms with Crippen LogP contribution in [0, 0.1) is 23.6 Å². The van der Waals surface area contributed by atoms with E-state index in [-0.39, 0.29) is 17.3 Å². The summed E-state index contributed by atoms with van der Waals surface area (Å²) in [5.41, 5.74) is 0.712. The Morgan fingerprint density at radius 1 is 1.09 bits per heavy atom. The van der Waals surface area contributed by atoms with Gasteiger partial charge in [0, 0.05) is 12.0 Å². The monoisotopic (exact) mass is 301 g/mol. The zero-order valence-corrected chi connectivity index (χ0v) is 13.0. The molecule has 0 aliphatic heterocycles. The third kappa shape index (κ3) is 2.66. The maximum Gasteiger partial charge on any atom is 0.220 e. The molecule has 2 nitrogen and oxygen atoms in total. The van der Waals surface area contributed by atoms with Crippen molar-refractivity contribution >= 4 is 5.91 Å². The summed E-state index contributed by atoms with van der Waals surface area (Å²) in [5.74, 6) is 2.39. The fraction of sp³-hybridized carbons (Fsp3) is 0.632. The van der Waals surface area contributed by atoms with Gasteiger partial charge < -0.3 is 5.32 Å². The number of hydrogen-bond acceptors (Lipinski definition) is 1. The zero-order chi connectivity index (χ0) is 15.2. The molecule has 4 fully saturated rings. The number of rotatable bonds is 4.